The highest BCUT2D eigenvalue weighted by Gasteiger charge is 2.37. The summed E-state index contributed by atoms with van der Waals surface area (Å²) in [5.41, 5.74) is 4.75. The van der Waals surface area contributed by atoms with Crippen molar-refractivity contribution in [3.05, 3.63) is 100 Å². The SMILES string of the molecule is O=C1C2=C(C(=O)c3cnccc31)c1cc(OCc3ccccc3)ccc1C2. The fourth-order valence-electron chi connectivity index (χ4n) is 3.74. The van der Waals surface area contributed by atoms with Crippen LogP contribution < -0.4 is 4.74 Å². The van der Waals surface area contributed by atoms with Gasteiger partial charge in [0, 0.05) is 35.5 Å². The number of hydrogen-bond donors (Lipinski definition) is 0. The summed E-state index contributed by atoms with van der Waals surface area (Å²) in [6.45, 7) is 0.450. The number of carbonyl (C=O) groups is 2. The van der Waals surface area contributed by atoms with Crippen LogP contribution in [-0.4, -0.2) is 16.6 Å². The fourth-order valence-corrected chi connectivity index (χ4v) is 3.74. The van der Waals surface area contributed by atoms with E-state index in [-0.39, 0.29) is 11.6 Å². The van der Waals surface area contributed by atoms with Gasteiger partial charge in [-0.2, -0.15) is 0 Å². The van der Waals surface area contributed by atoms with E-state index in [2.05, 4.69) is 4.98 Å². The molecule has 0 atom stereocenters. The van der Waals surface area contributed by atoms with Crippen molar-refractivity contribution in [2.75, 3.05) is 0 Å². The molecule has 0 N–H and O–H groups in total. The van der Waals surface area contributed by atoms with Crippen LogP contribution in [0.1, 0.15) is 37.4 Å². The number of carbonyl (C=O) groups excluding carboxylic acids is 2. The summed E-state index contributed by atoms with van der Waals surface area (Å²) in [5, 5.41) is 0. The average Bonchev–Trinajstić information content (AvgIpc) is 3.10. The molecule has 0 aliphatic heterocycles. The minimum Gasteiger partial charge on any atom is -0.489 e. The molecular weight excluding hydrogens is 338 g/mol. The Bertz CT molecular complexity index is 1130. The van der Waals surface area contributed by atoms with Gasteiger partial charge >= 0.3 is 0 Å². The van der Waals surface area contributed by atoms with Gasteiger partial charge in [0.25, 0.3) is 0 Å². The zero-order valence-corrected chi connectivity index (χ0v) is 14.4. The van der Waals surface area contributed by atoms with Gasteiger partial charge in [-0.05, 0) is 34.9 Å². The van der Waals surface area contributed by atoms with Crippen LogP contribution in [0.15, 0.2) is 72.6 Å². The van der Waals surface area contributed by atoms with Crippen LogP contribution >= 0.6 is 0 Å². The van der Waals surface area contributed by atoms with Crippen LogP contribution in [0.5, 0.6) is 5.75 Å². The Morgan fingerprint density at radius 1 is 0.889 bits per heavy atom. The molecule has 0 fully saturated rings. The highest BCUT2D eigenvalue weighted by Crippen LogP contribution is 2.41. The summed E-state index contributed by atoms with van der Waals surface area (Å²) in [7, 11) is 0. The van der Waals surface area contributed by atoms with Crippen molar-refractivity contribution in [2.45, 2.75) is 13.0 Å². The highest BCUT2D eigenvalue weighted by molar-refractivity contribution is 6.41. The Labute approximate surface area is 156 Å². The van der Waals surface area contributed by atoms with Gasteiger partial charge in [0.2, 0.25) is 0 Å². The topological polar surface area (TPSA) is 56.3 Å². The summed E-state index contributed by atoms with van der Waals surface area (Å²) in [6, 6.07) is 17.2. The van der Waals surface area contributed by atoms with Gasteiger partial charge in [-0.15, -0.1) is 0 Å². The lowest BCUT2D eigenvalue weighted by atomic mass is 9.85. The molecule has 0 saturated carbocycles. The summed E-state index contributed by atoms with van der Waals surface area (Å²) < 4.78 is 5.90. The zero-order valence-electron chi connectivity index (χ0n) is 14.4. The number of benzene rings is 2. The maximum Gasteiger partial charge on any atom is 0.196 e. The number of fused-ring (bicyclic) bond motifs is 3. The smallest absolute Gasteiger partial charge is 0.196 e. The number of hydrogen-bond acceptors (Lipinski definition) is 4. The van der Waals surface area contributed by atoms with Gasteiger partial charge in [0.05, 0.1) is 5.56 Å². The quantitative estimate of drug-likeness (QED) is 0.713. The summed E-state index contributed by atoms with van der Waals surface area (Å²) in [6.07, 6.45) is 3.51. The Morgan fingerprint density at radius 3 is 2.59 bits per heavy atom. The summed E-state index contributed by atoms with van der Waals surface area (Å²) >= 11 is 0. The van der Waals surface area contributed by atoms with E-state index in [0.29, 0.717) is 41.1 Å². The lowest BCUT2D eigenvalue weighted by Gasteiger charge is -2.16. The molecule has 0 amide bonds. The number of Topliss-reactive ketones (excluding diaryl/α,β-unsaturated/α-hetero) is 2. The second-order valence-corrected chi connectivity index (χ2v) is 6.70. The summed E-state index contributed by atoms with van der Waals surface area (Å²) in [5.74, 6) is 0.472. The molecule has 27 heavy (non-hydrogen) atoms. The van der Waals surface area contributed by atoms with Gasteiger partial charge in [0.1, 0.15) is 12.4 Å². The lowest BCUT2D eigenvalue weighted by Crippen LogP contribution is -2.19. The Balaban J connectivity index is 1.50. The van der Waals surface area contributed by atoms with Crippen LogP contribution in [-0.2, 0) is 13.0 Å². The molecule has 1 aromatic heterocycles. The molecule has 4 heteroatoms. The predicted molar refractivity (Wildman–Crippen MR) is 101 cm³/mol. The van der Waals surface area contributed by atoms with E-state index in [0.717, 1.165) is 16.7 Å². The van der Waals surface area contributed by atoms with E-state index in [4.69, 9.17) is 4.74 Å². The fraction of sp³-hybridized carbons (Fsp3) is 0.0870. The van der Waals surface area contributed by atoms with Crippen molar-refractivity contribution in [3.8, 4) is 5.75 Å². The molecule has 2 aromatic carbocycles. The number of pyridine rings is 1. The number of ether oxygens (including phenoxy) is 1. The van der Waals surface area contributed by atoms with E-state index >= 15 is 0 Å². The first-order chi connectivity index (χ1) is 13.2. The van der Waals surface area contributed by atoms with Gasteiger partial charge < -0.3 is 4.74 Å². The second-order valence-electron chi connectivity index (χ2n) is 6.70. The van der Waals surface area contributed by atoms with E-state index in [9.17, 15) is 9.59 Å². The molecule has 0 saturated heterocycles. The minimum atomic E-state index is -0.133. The van der Waals surface area contributed by atoms with Crippen LogP contribution in [0.4, 0.5) is 0 Å². The molecule has 3 aromatic rings. The molecule has 0 radical (unpaired) electrons. The monoisotopic (exact) mass is 353 g/mol. The minimum absolute atomic E-state index is 0.0787. The molecule has 5 rings (SSSR count). The van der Waals surface area contributed by atoms with Crippen molar-refractivity contribution in [2.24, 2.45) is 0 Å². The molecule has 130 valence electrons. The predicted octanol–water partition coefficient (Wildman–Crippen LogP) is 4.05. The number of rotatable bonds is 3. The zero-order chi connectivity index (χ0) is 18.4. The number of ketones is 2. The van der Waals surface area contributed by atoms with Crippen molar-refractivity contribution in [1.29, 1.82) is 0 Å². The standard InChI is InChI=1S/C23H15NO3/c25-22-17-8-9-24-12-20(17)23(26)21-18-11-16(7-6-15(18)10-19(21)22)27-13-14-4-2-1-3-5-14/h1-9,11-12H,10,13H2. The van der Waals surface area contributed by atoms with E-state index in [1.54, 1.807) is 12.3 Å². The van der Waals surface area contributed by atoms with E-state index in [1.165, 1.54) is 6.20 Å². The molecule has 0 spiro atoms. The van der Waals surface area contributed by atoms with Crippen molar-refractivity contribution in [3.63, 3.8) is 0 Å². The summed E-state index contributed by atoms with van der Waals surface area (Å²) in [4.78, 5) is 29.9. The number of aromatic nitrogens is 1. The molecule has 4 nitrogen and oxygen atoms in total. The molecule has 2 aliphatic carbocycles. The Morgan fingerprint density at radius 2 is 1.74 bits per heavy atom. The third-order valence-corrected chi connectivity index (χ3v) is 5.08. The van der Waals surface area contributed by atoms with Crippen LogP contribution in [0.25, 0.3) is 5.57 Å². The van der Waals surface area contributed by atoms with Gasteiger partial charge in [-0.1, -0.05) is 36.4 Å². The molecule has 1 heterocycles. The third kappa shape index (κ3) is 2.49. The van der Waals surface area contributed by atoms with Crippen molar-refractivity contribution < 1.29 is 14.3 Å². The van der Waals surface area contributed by atoms with Gasteiger partial charge in [0.15, 0.2) is 11.6 Å². The molecule has 0 bridgehead atoms. The first-order valence-electron chi connectivity index (χ1n) is 8.79. The normalized spacial score (nSPS) is 14.7. The van der Waals surface area contributed by atoms with Crippen LogP contribution in [0, 0.1) is 0 Å². The van der Waals surface area contributed by atoms with Crippen molar-refractivity contribution >= 4 is 17.1 Å². The average molecular weight is 353 g/mol. The maximum atomic E-state index is 13.0. The lowest BCUT2D eigenvalue weighted by molar-refractivity contribution is 0.0991. The Kier molecular flexibility index (Phi) is 3.50. The maximum absolute atomic E-state index is 13.0. The Hall–Kier alpha value is -3.53. The largest absolute Gasteiger partial charge is 0.489 e. The van der Waals surface area contributed by atoms with Gasteiger partial charge in [-0.3, -0.25) is 14.6 Å². The van der Waals surface area contributed by atoms with Crippen LogP contribution in [0.3, 0.4) is 0 Å². The molecule has 0 unspecified atom stereocenters. The number of nitrogens with zero attached hydrogens (tertiary/aromatic N) is 1. The first-order valence-corrected chi connectivity index (χ1v) is 8.79. The second kappa shape index (κ2) is 6.02. The van der Waals surface area contributed by atoms with Gasteiger partial charge in [-0.25, -0.2) is 0 Å². The number of allylic oxidation sites excluding steroid dienone is 2. The third-order valence-electron chi connectivity index (χ3n) is 5.08. The highest BCUT2D eigenvalue weighted by atomic mass is 16.5. The van der Waals surface area contributed by atoms with Crippen molar-refractivity contribution in [1.82, 2.24) is 4.98 Å². The van der Waals surface area contributed by atoms with E-state index < -0.39 is 0 Å². The molecular formula is C23H15NO3. The molecule has 2 aliphatic rings. The first kappa shape index (κ1) is 15.7. The van der Waals surface area contributed by atoms with E-state index in [1.807, 2.05) is 48.5 Å². The van der Waals surface area contributed by atoms with Crippen LogP contribution in [0.2, 0.25) is 0 Å².